The van der Waals surface area contributed by atoms with E-state index in [1.807, 2.05) is 6.07 Å². The van der Waals surface area contributed by atoms with E-state index in [0.29, 0.717) is 0 Å². The van der Waals surface area contributed by atoms with E-state index in [2.05, 4.69) is 4.98 Å². The Hall–Kier alpha value is -1.75. The lowest BCUT2D eigenvalue weighted by molar-refractivity contribution is -0.0759. The van der Waals surface area contributed by atoms with E-state index in [-0.39, 0.29) is 31.8 Å². The lowest BCUT2D eigenvalue weighted by Crippen LogP contribution is -2.41. The van der Waals surface area contributed by atoms with Crippen LogP contribution in [0.2, 0.25) is 0 Å². The Morgan fingerprint density at radius 3 is 2.46 bits per heavy atom. The van der Waals surface area contributed by atoms with Crippen LogP contribution in [-0.2, 0) is 36.9 Å². The molecule has 14 nitrogen and oxygen atoms in total. The van der Waals surface area contributed by atoms with Crippen molar-refractivity contribution in [3.63, 3.8) is 0 Å². The molecule has 1 aliphatic heterocycles. The lowest BCUT2D eigenvalue weighted by Gasteiger charge is -2.26. The van der Waals surface area contributed by atoms with Gasteiger partial charge in [0, 0.05) is 24.7 Å². The van der Waals surface area contributed by atoms with Crippen molar-refractivity contribution in [2.75, 3.05) is 26.9 Å². The van der Waals surface area contributed by atoms with Crippen molar-refractivity contribution >= 4 is 16.1 Å². The number of H-pyrrole nitrogens is 1. The van der Waals surface area contributed by atoms with Crippen molar-refractivity contribution in [1.29, 1.82) is 5.26 Å². The summed E-state index contributed by atoms with van der Waals surface area (Å²) in [6, 6.07) is 1.95. The minimum Gasteiger partial charge on any atom is -0.382 e. The summed E-state index contributed by atoms with van der Waals surface area (Å²) in [6.07, 6.45) is -1.85. The summed E-state index contributed by atoms with van der Waals surface area (Å²) in [5.74, 6) is 1.28. The van der Waals surface area contributed by atoms with Gasteiger partial charge in [-0.1, -0.05) is 0 Å². The van der Waals surface area contributed by atoms with Crippen LogP contribution in [0.3, 0.4) is 0 Å². The topological polar surface area (TPSA) is 186 Å². The summed E-state index contributed by atoms with van der Waals surface area (Å²) >= 11 is 0. The van der Waals surface area contributed by atoms with Crippen molar-refractivity contribution in [3.05, 3.63) is 44.5 Å². The molecule has 0 radical (unpaired) electrons. The average molecular weight is 593 g/mol. The van der Waals surface area contributed by atoms with Gasteiger partial charge in [-0.15, -0.1) is 0 Å². The normalized spacial score (nSPS) is 22.7. The fourth-order valence-electron chi connectivity index (χ4n) is 3.59. The number of nitrogens with one attached hydrogen (secondary N) is 1. The maximum atomic E-state index is 13.4. The molecule has 1 fully saturated rings. The average Bonchev–Trinajstić information content (AvgIpc) is 3.16. The summed E-state index contributed by atoms with van der Waals surface area (Å²) in [6.45, 7) is 8.83. The zero-order valence-electron chi connectivity index (χ0n) is 23.0. The number of nitrogens with zero attached hydrogens (tertiary/aromatic N) is 2. The third-order valence-corrected chi connectivity index (χ3v) is 7.93. The van der Waals surface area contributed by atoms with Crippen LogP contribution in [-0.4, -0.2) is 67.0 Å². The zero-order chi connectivity index (χ0) is 29.2. The monoisotopic (exact) mass is 592 g/mol. The molecule has 1 aliphatic rings. The smallest absolute Gasteiger partial charge is 0.354 e. The molecule has 0 aromatic carbocycles. The predicted octanol–water partition coefficient (Wildman–Crippen LogP) is 2.83. The molecule has 1 aromatic heterocycles. The first-order valence-electron chi connectivity index (χ1n) is 12.4. The molecule has 2 rings (SSSR count). The Balaban J connectivity index is 2.52. The number of rotatable bonds is 16. The second-order valence-corrected chi connectivity index (χ2v) is 11.9. The molecular weight excluding hydrogens is 554 g/mol. The number of hydrogen-bond acceptors (Lipinski definition) is 12. The Bertz CT molecular complexity index is 1130. The third kappa shape index (κ3) is 10.3. The second-order valence-electron chi connectivity index (χ2n) is 9.08. The van der Waals surface area contributed by atoms with Gasteiger partial charge in [0.05, 0.1) is 44.5 Å². The molecule has 1 unspecified atom stereocenters. The van der Waals surface area contributed by atoms with Gasteiger partial charge in [-0.05, 0) is 40.7 Å². The van der Waals surface area contributed by atoms with Crippen LogP contribution >= 0.6 is 16.1 Å². The Morgan fingerprint density at radius 1 is 1.21 bits per heavy atom. The number of aromatic nitrogens is 2. The van der Waals surface area contributed by atoms with Crippen LogP contribution in [0.5, 0.6) is 0 Å². The van der Waals surface area contributed by atoms with Gasteiger partial charge in [-0.3, -0.25) is 24.4 Å². The minimum atomic E-state index is -3.71. The van der Waals surface area contributed by atoms with E-state index in [1.165, 1.54) is 29.8 Å². The lowest BCUT2D eigenvalue weighted by atomic mass is 10.1. The van der Waals surface area contributed by atoms with Gasteiger partial charge in [-0.25, -0.2) is 4.79 Å². The van der Waals surface area contributed by atoms with Gasteiger partial charge in [0.1, 0.15) is 18.3 Å². The minimum absolute atomic E-state index is 0.0453. The SMILES string of the molecule is COCCO[C@@H]1[C@H](OP(N)OCCC#N)[C@@H](/C=C/P(=O)(OC(C)C)OC(C)C)O[C@H]1n1cc(C)c(=O)[nH]c1=O. The Morgan fingerprint density at radius 2 is 1.87 bits per heavy atom. The van der Waals surface area contributed by atoms with E-state index >= 15 is 0 Å². The van der Waals surface area contributed by atoms with Crippen LogP contribution in [0.25, 0.3) is 0 Å². The third-order valence-electron chi connectivity index (χ3n) is 5.07. The molecule has 3 N–H and O–H groups in total. The maximum absolute atomic E-state index is 13.4. The maximum Gasteiger partial charge on any atom is 0.354 e. The molecule has 5 atom stereocenters. The molecule has 2 heterocycles. The van der Waals surface area contributed by atoms with Gasteiger partial charge in [0.25, 0.3) is 14.1 Å². The Kier molecular flexibility index (Phi) is 13.6. The second kappa shape index (κ2) is 15.9. The molecular formula is C23H38N4O10P2. The number of methoxy groups -OCH3 is 1. The van der Waals surface area contributed by atoms with Crippen LogP contribution in [0.15, 0.2) is 27.7 Å². The number of nitriles is 1. The van der Waals surface area contributed by atoms with Crippen LogP contribution < -0.4 is 16.8 Å². The summed E-state index contributed by atoms with van der Waals surface area (Å²) in [5, 5.41) is 8.79. The number of nitrogens with two attached hydrogens (primary N) is 1. The van der Waals surface area contributed by atoms with Crippen LogP contribution in [0, 0.1) is 18.3 Å². The molecule has 220 valence electrons. The summed E-state index contributed by atoms with van der Waals surface area (Å²) < 4.78 is 54.5. The summed E-state index contributed by atoms with van der Waals surface area (Å²) in [4.78, 5) is 27.0. The quantitative estimate of drug-likeness (QED) is 0.211. The highest BCUT2D eigenvalue weighted by Gasteiger charge is 2.48. The first-order chi connectivity index (χ1) is 18.4. The van der Waals surface area contributed by atoms with Crippen molar-refractivity contribution in [2.45, 2.75) is 77.8 Å². The first kappa shape index (κ1) is 33.5. The highest BCUT2D eigenvalue weighted by Crippen LogP contribution is 2.53. The molecule has 0 spiro atoms. The molecule has 0 aliphatic carbocycles. The number of hydrogen-bond donors (Lipinski definition) is 2. The Labute approximate surface area is 228 Å². The van der Waals surface area contributed by atoms with Crippen molar-refractivity contribution < 1.29 is 36.9 Å². The zero-order valence-corrected chi connectivity index (χ0v) is 24.8. The van der Waals surface area contributed by atoms with Crippen LogP contribution in [0.1, 0.15) is 45.9 Å². The van der Waals surface area contributed by atoms with E-state index < -0.39 is 64.1 Å². The van der Waals surface area contributed by atoms with Gasteiger partial charge < -0.3 is 32.3 Å². The van der Waals surface area contributed by atoms with Gasteiger partial charge in [-0.2, -0.15) is 5.26 Å². The molecule has 1 saturated heterocycles. The van der Waals surface area contributed by atoms with Gasteiger partial charge in [0.15, 0.2) is 6.23 Å². The van der Waals surface area contributed by atoms with Crippen molar-refractivity contribution in [2.24, 2.45) is 5.50 Å². The fourth-order valence-corrected chi connectivity index (χ4v) is 6.15. The van der Waals surface area contributed by atoms with E-state index in [9.17, 15) is 14.2 Å². The van der Waals surface area contributed by atoms with E-state index in [4.69, 9.17) is 43.1 Å². The molecule has 0 amide bonds. The van der Waals surface area contributed by atoms with Gasteiger partial charge >= 0.3 is 13.3 Å². The highest BCUT2D eigenvalue weighted by molar-refractivity contribution is 7.57. The molecule has 39 heavy (non-hydrogen) atoms. The number of aromatic amines is 1. The largest absolute Gasteiger partial charge is 0.382 e. The molecule has 0 saturated carbocycles. The van der Waals surface area contributed by atoms with E-state index in [0.717, 1.165) is 0 Å². The van der Waals surface area contributed by atoms with E-state index in [1.54, 1.807) is 34.6 Å². The molecule has 0 bridgehead atoms. The van der Waals surface area contributed by atoms with Crippen molar-refractivity contribution in [1.82, 2.24) is 9.55 Å². The first-order valence-corrected chi connectivity index (χ1v) is 15.2. The molecule has 16 heteroatoms. The fraction of sp³-hybridized carbons (Fsp3) is 0.696. The summed E-state index contributed by atoms with van der Waals surface area (Å²) in [7, 11) is -4.21. The number of aryl methyl sites for hydroxylation is 1. The van der Waals surface area contributed by atoms with Crippen LogP contribution in [0.4, 0.5) is 0 Å². The van der Waals surface area contributed by atoms with Crippen molar-refractivity contribution in [3.8, 4) is 6.07 Å². The highest BCUT2D eigenvalue weighted by atomic mass is 31.2. The number of ether oxygens (including phenoxy) is 3. The predicted molar refractivity (Wildman–Crippen MR) is 143 cm³/mol. The summed E-state index contributed by atoms with van der Waals surface area (Å²) in [5.41, 5.74) is 5.08. The standard InChI is InChI=1S/C23H38N4O10P2/c1-15(2)36-39(30,37-16(3)4)13-8-18-19(35-38(25)33-10-7-9-24)20(32-12-11-31-6)22(34-18)27-14-17(5)21(28)26-23(27)29/h8,13-16,18-20,22H,7,10-12,25H2,1-6H3,(H,26,28,29)/b13-8+/t18-,19-,20-,22-,38?/m1/s1. The molecule has 1 aromatic rings. The van der Waals surface area contributed by atoms with Gasteiger partial charge in [0.2, 0.25) is 0 Å².